The second kappa shape index (κ2) is 18.9. The number of aliphatic hydroxyl groups excluding tert-OH is 1. The van der Waals surface area contributed by atoms with Crippen LogP contribution in [0.4, 0.5) is 0 Å². The topological polar surface area (TPSA) is 119 Å². The molecule has 2 fully saturated rings. The molecular formula is C39H65NO9Si2. The van der Waals surface area contributed by atoms with Crippen molar-refractivity contribution in [1.82, 2.24) is 4.98 Å². The summed E-state index contributed by atoms with van der Waals surface area (Å²) in [5.74, 6) is -0.856. The van der Waals surface area contributed by atoms with Gasteiger partial charge < -0.3 is 37.3 Å². The summed E-state index contributed by atoms with van der Waals surface area (Å²) in [6, 6.07) is 12.8. The van der Waals surface area contributed by atoms with Gasteiger partial charge in [0.05, 0.1) is 50.8 Å². The average Bonchev–Trinajstić information content (AvgIpc) is 3.75. The van der Waals surface area contributed by atoms with E-state index in [9.17, 15) is 9.90 Å². The number of oxazole rings is 1. The van der Waals surface area contributed by atoms with Gasteiger partial charge in [-0.25, -0.2) is 0 Å². The van der Waals surface area contributed by atoms with E-state index in [1.54, 1.807) is 6.26 Å². The second-order valence-electron chi connectivity index (χ2n) is 15.5. The summed E-state index contributed by atoms with van der Waals surface area (Å²) in [4.78, 5) is 18.4. The highest BCUT2D eigenvalue weighted by atomic mass is 28.4. The fourth-order valence-corrected chi connectivity index (χ4v) is 16.3. The number of hydrogen-bond acceptors (Lipinski definition) is 10. The molecule has 0 aliphatic carbocycles. The summed E-state index contributed by atoms with van der Waals surface area (Å²) >= 11 is 0. The molecule has 4 atom stereocenters. The Morgan fingerprint density at radius 3 is 2.14 bits per heavy atom. The molecule has 10 nitrogen and oxygen atoms in total. The largest absolute Gasteiger partial charge is 0.503 e. The third-order valence-corrected chi connectivity index (χ3v) is 21.8. The number of nitrogens with zero attached hydrogens (tertiary/aromatic N) is 1. The molecule has 1 spiro atoms. The van der Waals surface area contributed by atoms with Crippen LogP contribution in [0, 0.1) is 0 Å². The minimum atomic E-state index is -2.29. The number of ketones is 1. The summed E-state index contributed by atoms with van der Waals surface area (Å²) in [5, 5.41) is 11.4. The summed E-state index contributed by atoms with van der Waals surface area (Å²) in [6.07, 6.45) is 1.12. The normalized spacial score (nSPS) is 20.8. The van der Waals surface area contributed by atoms with Gasteiger partial charge in [-0.3, -0.25) is 4.79 Å². The van der Waals surface area contributed by atoms with Gasteiger partial charge in [0.1, 0.15) is 17.7 Å². The van der Waals surface area contributed by atoms with Gasteiger partial charge in [0, 0.05) is 32.1 Å². The van der Waals surface area contributed by atoms with Crippen LogP contribution in [0.5, 0.6) is 6.08 Å². The first-order chi connectivity index (χ1) is 24.3. The minimum Gasteiger partial charge on any atom is -0.503 e. The van der Waals surface area contributed by atoms with Crippen LogP contribution in [0.3, 0.4) is 0 Å². The molecule has 288 valence electrons. The van der Waals surface area contributed by atoms with Gasteiger partial charge in [-0.1, -0.05) is 92.6 Å². The Hall–Kier alpha value is -1.91. The molecule has 12 heteroatoms. The number of rotatable bonds is 21. The van der Waals surface area contributed by atoms with Gasteiger partial charge >= 0.3 is 6.08 Å². The summed E-state index contributed by atoms with van der Waals surface area (Å²) < 4.78 is 44.2. The molecule has 1 N–H and O–H groups in total. The molecule has 0 saturated carbocycles. The molecule has 2 aliphatic heterocycles. The first-order valence-electron chi connectivity index (χ1n) is 19.4. The number of hydrogen-bond donors (Lipinski definition) is 1. The Balaban J connectivity index is 1.43. The van der Waals surface area contributed by atoms with Crippen LogP contribution in [-0.4, -0.2) is 76.4 Å². The number of Topliss-reactive ketones (excluding diaryl/α,β-unsaturated/α-hetero) is 1. The molecule has 51 heavy (non-hydrogen) atoms. The standard InChI is InChI=1S/C39H65NO9Si2/c1-10-50(11-2,12-3)48-37(36-27-44-38(40-36)49-51(28(4)5,29(6)7)30(8)9)22-33(42)20-32(41)21-34-23-39(45-18-19-46-39)24-35(47-34)26-43-25-31-16-14-13-15-17-31/h13-17,27-30,33-35,37,42H,10-12,18-26H2,1-9H3/t33-,34+,35+,37+/m0/s1. The lowest BCUT2D eigenvalue weighted by Crippen LogP contribution is -2.50. The zero-order valence-corrected chi connectivity index (χ0v) is 34.7. The highest BCUT2D eigenvalue weighted by molar-refractivity contribution is 6.78. The molecule has 2 saturated heterocycles. The van der Waals surface area contributed by atoms with Crippen molar-refractivity contribution in [2.75, 3.05) is 19.8 Å². The molecule has 0 radical (unpaired) electrons. The molecule has 2 aromatic rings. The van der Waals surface area contributed by atoms with Gasteiger partial charge in [-0.05, 0) is 40.3 Å². The minimum absolute atomic E-state index is 0.0200. The highest BCUT2D eigenvalue weighted by Crippen LogP contribution is 2.43. The number of carbonyl (C=O) groups is 1. The van der Waals surface area contributed by atoms with E-state index >= 15 is 0 Å². The zero-order valence-electron chi connectivity index (χ0n) is 32.7. The van der Waals surface area contributed by atoms with Crippen molar-refractivity contribution in [3.05, 3.63) is 47.9 Å². The first kappa shape index (κ1) is 41.8. The van der Waals surface area contributed by atoms with Gasteiger partial charge in [0.15, 0.2) is 14.1 Å². The van der Waals surface area contributed by atoms with Crippen LogP contribution in [0.2, 0.25) is 34.8 Å². The van der Waals surface area contributed by atoms with E-state index in [1.165, 1.54) is 0 Å². The van der Waals surface area contributed by atoms with Gasteiger partial charge in [-0.15, -0.1) is 0 Å². The molecule has 1 aromatic carbocycles. The van der Waals surface area contributed by atoms with Crippen LogP contribution in [0.25, 0.3) is 0 Å². The summed E-state index contributed by atoms with van der Waals surface area (Å²) in [7, 11) is -4.42. The average molecular weight is 748 g/mol. The zero-order chi connectivity index (χ0) is 37.2. The number of ether oxygens (including phenoxy) is 4. The van der Waals surface area contributed by atoms with E-state index in [1.807, 2.05) is 30.3 Å². The van der Waals surface area contributed by atoms with Crippen molar-refractivity contribution in [2.45, 2.75) is 166 Å². The lowest BCUT2D eigenvalue weighted by atomic mass is 9.93. The monoisotopic (exact) mass is 747 g/mol. The number of aromatic nitrogens is 1. The Morgan fingerprint density at radius 1 is 0.941 bits per heavy atom. The Morgan fingerprint density at radius 2 is 1.55 bits per heavy atom. The van der Waals surface area contributed by atoms with Crippen LogP contribution in [-0.2, 0) is 34.8 Å². The maximum absolute atomic E-state index is 13.5. The van der Waals surface area contributed by atoms with Crippen molar-refractivity contribution >= 4 is 22.4 Å². The quantitative estimate of drug-likeness (QED) is 0.124. The van der Waals surface area contributed by atoms with Crippen LogP contribution >= 0.6 is 0 Å². The van der Waals surface area contributed by atoms with E-state index in [4.69, 9.17) is 37.2 Å². The third kappa shape index (κ3) is 10.8. The molecule has 2 aliphatic rings. The van der Waals surface area contributed by atoms with Crippen molar-refractivity contribution < 1.29 is 42.1 Å². The van der Waals surface area contributed by atoms with Gasteiger partial charge in [-0.2, -0.15) is 4.98 Å². The van der Waals surface area contributed by atoms with Crippen molar-refractivity contribution in [3.63, 3.8) is 0 Å². The molecule has 0 unspecified atom stereocenters. The third-order valence-electron chi connectivity index (χ3n) is 11.2. The smallest absolute Gasteiger partial charge is 0.379 e. The maximum Gasteiger partial charge on any atom is 0.379 e. The maximum atomic E-state index is 13.5. The fraction of sp³-hybridized carbons (Fsp3) is 0.744. The van der Waals surface area contributed by atoms with Crippen molar-refractivity contribution in [3.8, 4) is 6.08 Å². The van der Waals surface area contributed by atoms with Gasteiger partial charge in [0.25, 0.3) is 8.32 Å². The highest BCUT2D eigenvalue weighted by Gasteiger charge is 2.49. The van der Waals surface area contributed by atoms with Gasteiger partial charge in [0.2, 0.25) is 0 Å². The van der Waals surface area contributed by atoms with E-state index in [2.05, 4.69) is 62.3 Å². The summed E-state index contributed by atoms with van der Waals surface area (Å²) in [5.41, 5.74) is 2.77. The Bertz CT molecular complexity index is 1300. The number of carbonyl (C=O) groups excluding carboxylic acids is 1. The second-order valence-corrected chi connectivity index (χ2v) is 25.6. The van der Waals surface area contributed by atoms with Crippen LogP contribution in [0.1, 0.15) is 112 Å². The Kier molecular flexibility index (Phi) is 15.5. The number of aliphatic hydroxyl groups is 1. The first-order valence-corrected chi connectivity index (χ1v) is 24.0. The molecule has 0 amide bonds. The van der Waals surface area contributed by atoms with E-state index in [0.717, 1.165) is 23.7 Å². The lowest BCUT2D eigenvalue weighted by Gasteiger charge is -2.40. The molecular weight excluding hydrogens is 683 g/mol. The van der Waals surface area contributed by atoms with Crippen LogP contribution in [0.15, 0.2) is 41.0 Å². The molecule has 0 bridgehead atoms. The van der Waals surface area contributed by atoms with E-state index in [0.29, 0.717) is 61.6 Å². The predicted octanol–water partition coefficient (Wildman–Crippen LogP) is 8.90. The van der Waals surface area contributed by atoms with Crippen molar-refractivity contribution in [1.29, 1.82) is 0 Å². The van der Waals surface area contributed by atoms with Crippen LogP contribution < -0.4 is 4.43 Å². The van der Waals surface area contributed by atoms with E-state index in [-0.39, 0.29) is 37.2 Å². The molecule has 1 aromatic heterocycles. The Labute approximate surface area is 308 Å². The molecule has 4 rings (SSSR count). The molecule has 3 heterocycles. The summed E-state index contributed by atoms with van der Waals surface area (Å²) in [6.45, 7) is 21.8. The lowest BCUT2D eigenvalue weighted by molar-refractivity contribution is -0.247. The SMILES string of the molecule is CC[Si](CC)(CC)O[C@H](C[C@@H](O)CC(=O)C[C@@H]1CC2(C[C@H](COCc3ccccc3)O1)OCCO2)c1coc(O[Si](C(C)C)(C(C)C)C(C)C)n1. The number of benzene rings is 1. The van der Waals surface area contributed by atoms with Crippen molar-refractivity contribution in [2.24, 2.45) is 0 Å². The fourth-order valence-electron chi connectivity index (χ4n) is 8.41. The predicted molar refractivity (Wildman–Crippen MR) is 203 cm³/mol. The van der Waals surface area contributed by atoms with E-state index < -0.39 is 40.7 Å².